The van der Waals surface area contributed by atoms with Crippen molar-refractivity contribution in [2.24, 2.45) is 11.8 Å². The van der Waals surface area contributed by atoms with Crippen molar-refractivity contribution >= 4 is 21.8 Å². The predicted octanol–water partition coefficient (Wildman–Crippen LogP) is 2.68. The molecular formula is C19H30BrN3O. The molecular weight excluding hydrogens is 366 g/mol. The van der Waals surface area contributed by atoms with Crippen molar-refractivity contribution in [2.45, 2.75) is 26.7 Å². The third-order valence-electron chi connectivity index (χ3n) is 4.43. The van der Waals surface area contributed by atoms with Crippen molar-refractivity contribution in [1.82, 2.24) is 15.5 Å². The highest BCUT2D eigenvalue weighted by Crippen LogP contribution is 2.20. The summed E-state index contributed by atoms with van der Waals surface area (Å²) in [6, 6.07) is 8.27. The molecule has 0 radical (unpaired) electrons. The van der Waals surface area contributed by atoms with E-state index in [1.54, 1.807) is 0 Å². The zero-order chi connectivity index (χ0) is 17.4. The van der Waals surface area contributed by atoms with Crippen LogP contribution in [0.4, 0.5) is 0 Å². The average Bonchev–Trinajstić information content (AvgIpc) is 2.55. The van der Waals surface area contributed by atoms with Crippen LogP contribution in [-0.4, -0.2) is 50.1 Å². The molecule has 0 bridgehead atoms. The maximum Gasteiger partial charge on any atom is 0.223 e. The van der Waals surface area contributed by atoms with Crippen LogP contribution >= 0.6 is 15.9 Å². The number of rotatable bonds is 8. The van der Waals surface area contributed by atoms with Crippen LogP contribution in [-0.2, 0) is 11.2 Å². The Hall–Kier alpha value is -0.910. The number of carbonyl (C=O) groups is 1. The monoisotopic (exact) mass is 395 g/mol. The van der Waals surface area contributed by atoms with Crippen LogP contribution in [0.3, 0.4) is 0 Å². The van der Waals surface area contributed by atoms with Crippen molar-refractivity contribution in [2.75, 3.05) is 39.3 Å². The van der Waals surface area contributed by atoms with Crippen LogP contribution < -0.4 is 10.6 Å². The Morgan fingerprint density at radius 3 is 2.75 bits per heavy atom. The fraction of sp³-hybridized carbons (Fsp3) is 0.632. The van der Waals surface area contributed by atoms with Crippen LogP contribution in [0.1, 0.15) is 25.8 Å². The summed E-state index contributed by atoms with van der Waals surface area (Å²) in [4.78, 5) is 15.1. The van der Waals surface area contributed by atoms with E-state index in [2.05, 4.69) is 57.4 Å². The minimum absolute atomic E-state index is 0.0438. The van der Waals surface area contributed by atoms with Gasteiger partial charge in [-0.2, -0.15) is 0 Å². The van der Waals surface area contributed by atoms with E-state index in [4.69, 9.17) is 0 Å². The Kier molecular flexibility index (Phi) is 8.22. The zero-order valence-electron chi connectivity index (χ0n) is 14.9. The molecule has 1 amide bonds. The van der Waals surface area contributed by atoms with Gasteiger partial charge in [-0.3, -0.25) is 9.69 Å². The SMILES string of the molecule is CC(C)CC(Cc1cccc(Br)c1)C(=O)NCCN1CCNCC1. The van der Waals surface area contributed by atoms with Gasteiger partial charge in [0.25, 0.3) is 0 Å². The van der Waals surface area contributed by atoms with Crippen molar-refractivity contribution in [1.29, 1.82) is 0 Å². The van der Waals surface area contributed by atoms with Gasteiger partial charge in [-0.15, -0.1) is 0 Å². The number of nitrogens with zero attached hydrogens (tertiary/aromatic N) is 1. The van der Waals surface area contributed by atoms with E-state index in [1.165, 1.54) is 5.56 Å². The van der Waals surface area contributed by atoms with Gasteiger partial charge in [0, 0.05) is 49.7 Å². The molecule has 1 aromatic rings. The zero-order valence-corrected chi connectivity index (χ0v) is 16.4. The van der Waals surface area contributed by atoms with Crippen LogP contribution in [0.2, 0.25) is 0 Å². The molecule has 1 aliphatic heterocycles. The van der Waals surface area contributed by atoms with Gasteiger partial charge in [-0.1, -0.05) is 41.9 Å². The van der Waals surface area contributed by atoms with Crippen LogP contribution in [0.15, 0.2) is 28.7 Å². The topological polar surface area (TPSA) is 44.4 Å². The average molecular weight is 396 g/mol. The number of hydrogen-bond acceptors (Lipinski definition) is 3. The van der Waals surface area contributed by atoms with Gasteiger partial charge in [0.1, 0.15) is 0 Å². The van der Waals surface area contributed by atoms with Crippen molar-refractivity contribution in [3.63, 3.8) is 0 Å². The van der Waals surface area contributed by atoms with Gasteiger partial charge in [0.2, 0.25) is 5.91 Å². The second-order valence-electron chi connectivity index (χ2n) is 7.04. The smallest absolute Gasteiger partial charge is 0.223 e. The van der Waals surface area contributed by atoms with Crippen LogP contribution in [0.5, 0.6) is 0 Å². The molecule has 1 heterocycles. The minimum atomic E-state index is 0.0438. The Bertz CT molecular complexity index is 515. The number of hydrogen-bond donors (Lipinski definition) is 2. The van der Waals surface area contributed by atoms with Gasteiger partial charge in [0.05, 0.1) is 0 Å². The normalized spacial score (nSPS) is 17.0. The summed E-state index contributed by atoms with van der Waals surface area (Å²) in [5, 5.41) is 6.51. The maximum atomic E-state index is 12.7. The Balaban J connectivity index is 1.85. The molecule has 1 fully saturated rings. The van der Waals surface area contributed by atoms with E-state index < -0.39 is 0 Å². The molecule has 24 heavy (non-hydrogen) atoms. The summed E-state index contributed by atoms with van der Waals surface area (Å²) in [5.74, 6) is 0.752. The molecule has 0 aliphatic carbocycles. The van der Waals surface area contributed by atoms with Crippen molar-refractivity contribution in [3.05, 3.63) is 34.3 Å². The maximum absolute atomic E-state index is 12.7. The van der Waals surface area contributed by atoms with E-state index in [0.29, 0.717) is 5.92 Å². The molecule has 4 nitrogen and oxygen atoms in total. The van der Waals surface area contributed by atoms with Gasteiger partial charge in [-0.25, -0.2) is 0 Å². The molecule has 0 aromatic heterocycles. The number of amides is 1. The van der Waals surface area contributed by atoms with Gasteiger partial charge in [-0.05, 0) is 36.5 Å². The first kappa shape index (κ1) is 19.4. The summed E-state index contributed by atoms with van der Waals surface area (Å²) in [5.41, 5.74) is 1.22. The molecule has 1 saturated heterocycles. The van der Waals surface area contributed by atoms with Crippen molar-refractivity contribution < 1.29 is 4.79 Å². The summed E-state index contributed by atoms with van der Waals surface area (Å²) in [7, 11) is 0. The molecule has 1 aliphatic rings. The summed E-state index contributed by atoms with van der Waals surface area (Å²) in [6.45, 7) is 10.3. The third kappa shape index (κ3) is 6.91. The lowest BCUT2D eigenvalue weighted by Gasteiger charge is -2.27. The van der Waals surface area contributed by atoms with E-state index in [-0.39, 0.29) is 11.8 Å². The molecule has 1 aromatic carbocycles. The molecule has 1 unspecified atom stereocenters. The second-order valence-corrected chi connectivity index (χ2v) is 7.96. The molecule has 5 heteroatoms. The standard InChI is InChI=1S/C19H30BrN3O/c1-15(2)12-17(13-16-4-3-5-18(20)14-16)19(24)22-8-11-23-9-6-21-7-10-23/h3-5,14-15,17,21H,6-13H2,1-2H3,(H,22,24). The summed E-state index contributed by atoms with van der Waals surface area (Å²) >= 11 is 3.51. The highest BCUT2D eigenvalue weighted by atomic mass is 79.9. The number of carbonyl (C=O) groups excluding carboxylic acids is 1. The van der Waals surface area contributed by atoms with Gasteiger partial charge < -0.3 is 10.6 Å². The molecule has 0 spiro atoms. The highest BCUT2D eigenvalue weighted by Gasteiger charge is 2.20. The molecule has 2 N–H and O–H groups in total. The molecule has 134 valence electrons. The second kappa shape index (κ2) is 10.2. The third-order valence-corrected chi connectivity index (χ3v) is 4.93. The number of benzene rings is 1. The Morgan fingerprint density at radius 1 is 1.33 bits per heavy atom. The summed E-state index contributed by atoms with van der Waals surface area (Å²) in [6.07, 6.45) is 1.73. The number of nitrogens with one attached hydrogen (secondary N) is 2. The first-order valence-electron chi connectivity index (χ1n) is 9.00. The fourth-order valence-electron chi connectivity index (χ4n) is 3.22. The highest BCUT2D eigenvalue weighted by molar-refractivity contribution is 9.10. The molecule has 1 atom stereocenters. The van der Waals surface area contributed by atoms with Crippen molar-refractivity contribution in [3.8, 4) is 0 Å². The van der Waals surface area contributed by atoms with E-state index >= 15 is 0 Å². The van der Waals surface area contributed by atoms with Crippen LogP contribution in [0.25, 0.3) is 0 Å². The Morgan fingerprint density at radius 2 is 2.08 bits per heavy atom. The first-order chi connectivity index (χ1) is 11.5. The van der Waals surface area contributed by atoms with E-state index in [1.807, 2.05) is 12.1 Å². The van der Waals surface area contributed by atoms with Gasteiger partial charge >= 0.3 is 0 Å². The van der Waals surface area contributed by atoms with E-state index in [9.17, 15) is 4.79 Å². The first-order valence-corrected chi connectivity index (χ1v) is 9.79. The minimum Gasteiger partial charge on any atom is -0.355 e. The fourth-order valence-corrected chi connectivity index (χ4v) is 3.66. The van der Waals surface area contributed by atoms with Crippen LogP contribution in [0, 0.1) is 11.8 Å². The molecule has 2 rings (SSSR count). The Labute approximate surface area is 154 Å². The molecule has 0 saturated carbocycles. The van der Waals surface area contributed by atoms with E-state index in [0.717, 1.165) is 56.6 Å². The lowest BCUT2D eigenvalue weighted by atomic mass is 9.90. The number of piperazine rings is 1. The summed E-state index contributed by atoms with van der Waals surface area (Å²) < 4.78 is 1.07. The van der Waals surface area contributed by atoms with Gasteiger partial charge in [0.15, 0.2) is 0 Å². The quantitative estimate of drug-likeness (QED) is 0.710. The number of halogens is 1. The largest absolute Gasteiger partial charge is 0.355 e. The lowest BCUT2D eigenvalue weighted by Crippen LogP contribution is -2.46. The lowest BCUT2D eigenvalue weighted by molar-refractivity contribution is -0.125. The predicted molar refractivity (Wildman–Crippen MR) is 103 cm³/mol.